The standard InChI is InChI=1S/C16H17BrN2O2.ClH/c17-13-4-1-3-12(8-13)16(5-2-6-16)19-15(20)11-7-14(9-18)21-10-11;/h1,3-4,7-8,10H,2,5-6,9,18H2,(H,19,20);1H. The summed E-state index contributed by atoms with van der Waals surface area (Å²) in [4.78, 5) is 12.4. The molecule has 0 saturated heterocycles. The number of hydrogen-bond donors (Lipinski definition) is 2. The molecule has 1 aromatic heterocycles. The van der Waals surface area contributed by atoms with Crippen molar-refractivity contribution in [2.75, 3.05) is 0 Å². The van der Waals surface area contributed by atoms with Crippen LogP contribution < -0.4 is 11.1 Å². The molecule has 0 atom stereocenters. The van der Waals surface area contributed by atoms with E-state index in [9.17, 15) is 4.79 Å². The van der Waals surface area contributed by atoms with Gasteiger partial charge in [-0.05, 0) is 43.0 Å². The summed E-state index contributed by atoms with van der Waals surface area (Å²) >= 11 is 3.49. The number of carbonyl (C=O) groups is 1. The van der Waals surface area contributed by atoms with Gasteiger partial charge in [0.05, 0.1) is 17.6 Å². The van der Waals surface area contributed by atoms with E-state index in [0.29, 0.717) is 17.9 Å². The minimum Gasteiger partial charge on any atom is -0.467 e. The molecular formula is C16H18BrClN2O2. The van der Waals surface area contributed by atoms with Gasteiger partial charge in [-0.1, -0.05) is 28.1 Å². The third-order valence-electron chi connectivity index (χ3n) is 4.05. The number of carbonyl (C=O) groups excluding carboxylic acids is 1. The summed E-state index contributed by atoms with van der Waals surface area (Å²) in [6, 6.07) is 9.81. The van der Waals surface area contributed by atoms with Gasteiger partial charge in [0.1, 0.15) is 12.0 Å². The van der Waals surface area contributed by atoms with E-state index in [1.807, 2.05) is 12.1 Å². The van der Waals surface area contributed by atoms with Crippen molar-refractivity contribution in [1.82, 2.24) is 5.32 Å². The van der Waals surface area contributed by atoms with Crippen LogP contribution >= 0.6 is 28.3 Å². The van der Waals surface area contributed by atoms with Gasteiger partial charge in [0.25, 0.3) is 5.91 Å². The third kappa shape index (κ3) is 3.21. The summed E-state index contributed by atoms with van der Waals surface area (Å²) < 4.78 is 6.26. The van der Waals surface area contributed by atoms with Crippen molar-refractivity contribution in [2.24, 2.45) is 5.73 Å². The summed E-state index contributed by atoms with van der Waals surface area (Å²) in [5, 5.41) is 3.17. The number of hydrogen-bond acceptors (Lipinski definition) is 3. The first kappa shape index (κ1) is 17.1. The van der Waals surface area contributed by atoms with Crippen molar-refractivity contribution < 1.29 is 9.21 Å². The molecule has 118 valence electrons. The number of benzene rings is 1. The lowest BCUT2D eigenvalue weighted by molar-refractivity contribution is 0.0822. The minimum absolute atomic E-state index is 0. The number of nitrogens with one attached hydrogen (secondary N) is 1. The Morgan fingerprint density at radius 3 is 2.68 bits per heavy atom. The van der Waals surface area contributed by atoms with Crippen molar-refractivity contribution in [1.29, 1.82) is 0 Å². The van der Waals surface area contributed by atoms with Crippen LogP contribution in [-0.4, -0.2) is 5.91 Å². The Morgan fingerprint density at radius 2 is 2.14 bits per heavy atom. The van der Waals surface area contributed by atoms with Gasteiger partial charge in [0.15, 0.2) is 0 Å². The molecule has 4 nitrogen and oxygen atoms in total. The number of nitrogens with two attached hydrogens (primary N) is 1. The van der Waals surface area contributed by atoms with E-state index in [2.05, 4.69) is 33.4 Å². The fourth-order valence-corrected chi connectivity index (χ4v) is 3.10. The van der Waals surface area contributed by atoms with Crippen LogP contribution in [0, 0.1) is 0 Å². The maximum Gasteiger partial charge on any atom is 0.255 e. The zero-order valence-electron chi connectivity index (χ0n) is 12.0. The number of halogens is 2. The number of amides is 1. The average molecular weight is 386 g/mol. The predicted octanol–water partition coefficient (Wildman–Crippen LogP) is 3.73. The molecule has 1 aromatic carbocycles. The Morgan fingerprint density at radius 1 is 1.36 bits per heavy atom. The highest BCUT2D eigenvalue weighted by Crippen LogP contribution is 2.42. The van der Waals surface area contributed by atoms with Gasteiger partial charge < -0.3 is 15.5 Å². The molecule has 1 aliphatic carbocycles. The fraction of sp³-hybridized carbons (Fsp3) is 0.312. The minimum atomic E-state index is -0.263. The summed E-state index contributed by atoms with van der Waals surface area (Å²) in [6.45, 7) is 0.296. The van der Waals surface area contributed by atoms with E-state index in [1.165, 1.54) is 6.26 Å². The lowest BCUT2D eigenvalue weighted by Crippen LogP contribution is -2.50. The Bertz CT molecular complexity index is 668. The maximum absolute atomic E-state index is 12.4. The first-order valence-corrected chi connectivity index (χ1v) is 7.78. The van der Waals surface area contributed by atoms with Crippen LogP contribution in [-0.2, 0) is 12.1 Å². The second-order valence-corrected chi connectivity index (χ2v) is 6.32. The molecule has 0 bridgehead atoms. The summed E-state index contributed by atoms with van der Waals surface area (Å²) in [6.07, 6.45) is 4.49. The zero-order chi connectivity index (χ0) is 14.9. The van der Waals surface area contributed by atoms with E-state index in [0.717, 1.165) is 29.3 Å². The van der Waals surface area contributed by atoms with Gasteiger partial charge in [0.2, 0.25) is 0 Å². The van der Waals surface area contributed by atoms with Gasteiger partial charge in [0, 0.05) is 4.47 Å². The van der Waals surface area contributed by atoms with E-state index in [-0.39, 0.29) is 23.9 Å². The fourth-order valence-electron chi connectivity index (χ4n) is 2.70. The molecule has 2 aromatic rings. The number of rotatable bonds is 4. The van der Waals surface area contributed by atoms with E-state index >= 15 is 0 Å². The molecule has 0 aliphatic heterocycles. The smallest absolute Gasteiger partial charge is 0.255 e. The molecule has 1 fully saturated rings. The van der Waals surface area contributed by atoms with Crippen LogP contribution in [0.4, 0.5) is 0 Å². The van der Waals surface area contributed by atoms with Crippen LogP contribution in [0.25, 0.3) is 0 Å². The SMILES string of the molecule is Cl.NCc1cc(C(=O)NC2(c3cccc(Br)c3)CCC2)co1. The molecule has 1 amide bonds. The van der Waals surface area contributed by atoms with E-state index in [1.54, 1.807) is 6.07 Å². The first-order chi connectivity index (χ1) is 10.1. The van der Waals surface area contributed by atoms with Crippen LogP contribution in [0.5, 0.6) is 0 Å². The average Bonchev–Trinajstić information content (AvgIpc) is 2.91. The lowest BCUT2D eigenvalue weighted by atomic mass is 9.71. The maximum atomic E-state index is 12.4. The monoisotopic (exact) mass is 384 g/mol. The highest BCUT2D eigenvalue weighted by atomic mass is 79.9. The molecular weight excluding hydrogens is 368 g/mol. The van der Waals surface area contributed by atoms with Gasteiger partial charge in [-0.25, -0.2) is 0 Å². The van der Waals surface area contributed by atoms with Crippen molar-refractivity contribution in [3.05, 3.63) is 58.0 Å². The molecule has 1 aliphatic rings. The van der Waals surface area contributed by atoms with Crippen LogP contribution in [0.2, 0.25) is 0 Å². The van der Waals surface area contributed by atoms with Gasteiger partial charge >= 0.3 is 0 Å². The van der Waals surface area contributed by atoms with Crippen LogP contribution in [0.1, 0.15) is 40.9 Å². The van der Waals surface area contributed by atoms with Gasteiger partial charge in [-0.15, -0.1) is 12.4 Å². The van der Waals surface area contributed by atoms with Gasteiger partial charge in [-0.2, -0.15) is 0 Å². The van der Waals surface area contributed by atoms with E-state index in [4.69, 9.17) is 10.2 Å². The largest absolute Gasteiger partial charge is 0.467 e. The molecule has 6 heteroatoms. The topological polar surface area (TPSA) is 68.3 Å². The van der Waals surface area contributed by atoms with Crippen LogP contribution in [0.3, 0.4) is 0 Å². The molecule has 0 unspecified atom stereocenters. The van der Waals surface area contributed by atoms with Crippen molar-refractivity contribution >= 4 is 34.2 Å². The number of furan rings is 1. The van der Waals surface area contributed by atoms with Crippen molar-refractivity contribution in [2.45, 2.75) is 31.3 Å². The van der Waals surface area contributed by atoms with E-state index < -0.39 is 0 Å². The molecule has 0 spiro atoms. The molecule has 22 heavy (non-hydrogen) atoms. The summed E-state index contributed by atoms with van der Waals surface area (Å²) in [7, 11) is 0. The second kappa shape index (κ2) is 6.86. The Hall–Kier alpha value is -1.30. The summed E-state index contributed by atoms with van der Waals surface area (Å²) in [5.74, 6) is 0.503. The Kier molecular flexibility index (Phi) is 5.32. The lowest BCUT2D eigenvalue weighted by Gasteiger charge is -2.43. The molecule has 3 rings (SSSR count). The zero-order valence-corrected chi connectivity index (χ0v) is 14.4. The van der Waals surface area contributed by atoms with Crippen molar-refractivity contribution in [3.8, 4) is 0 Å². The molecule has 1 heterocycles. The summed E-state index contributed by atoms with van der Waals surface area (Å²) in [5.41, 5.74) is 6.90. The van der Waals surface area contributed by atoms with Crippen LogP contribution in [0.15, 0.2) is 45.5 Å². The highest BCUT2D eigenvalue weighted by molar-refractivity contribution is 9.10. The quantitative estimate of drug-likeness (QED) is 0.842. The predicted molar refractivity (Wildman–Crippen MR) is 91.0 cm³/mol. The molecule has 3 N–H and O–H groups in total. The molecule has 1 saturated carbocycles. The Balaban J connectivity index is 0.00000176. The Labute approximate surface area is 144 Å². The highest BCUT2D eigenvalue weighted by Gasteiger charge is 2.40. The van der Waals surface area contributed by atoms with Gasteiger partial charge in [-0.3, -0.25) is 4.79 Å². The first-order valence-electron chi connectivity index (χ1n) is 6.99. The normalized spacial score (nSPS) is 15.5. The third-order valence-corrected chi connectivity index (χ3v) is 4.55. The second-order valence-electron chi connectivity index (χ2n) is 5.41. The van der Waals surface area contributed by atoms with Crippen molar-refractivity contribution in [3.63, 3.8) is 0 Å². The molecule has 0 radical (unpaired) electrons.